The van der Waals surface area contributed by atoms with Crippen LogP contribution in [0.2, 0.25) is 0 Å². The van der Waals surface area contributed by atoms with E-state index in [0.29, 0.717) is 18.5 Å². The van der Waals surface area contributed by atoms with Gasteiger partial charge in [0.1, 0.15) is 0 Å². The highest BCUT2D eigenvalue weighted by Crippen LogP contribution is 2.17. The number of nitrogens with zero attached hydrogens (tertiary/aromatic N) is 2. The van der Waals surface area contributed by atoms with Crippen molar-refractivity contribution in [3.63, 3.8) is 0 Å². The van der Waals surface area contributed by atoms with Gasteiger partial charge >= 0.3 is 0 Å². The van der Waals surface area contributed by atoms with Gasteiger partial charge in [-0.3, -0.25) is 4.79 Å². The molecule has 0 fully saturated rings. The Morgan fingerprint density at radius 2 is 1.90 bits per heavy atom. The number of hydrogen-bond donors (Lipinski definition) is 0. The van der Waals surface area contributed by atoms with E-state index in [1.807, 2.05) is 49.4 Å². The summed E-state index contributed by atoms with van der Waals surface area (Å²) in [5.74, 6) is -0.0431. The van der Waals surface area contributed by atoms with Crippen LogP contribution in [0, 0.1) is 11.3 Å². The van der Waals surface area contributed by atoms with E-state index in [1.54, 1.807) is 17.0 Å². The minimum absolute atomic E-state index is 0.0431. The number of amides is 1. The Bertz CT molecular complexity index is 629. The molecule has 0 atom stereocenters. The summed E-state index contributed by atoms with van der Waals surface area (Å²) in [4.78, 5) is 14.3. The second-order valence-electron chi connectivity index (χ2n) is 4.42. The van der Waals surface area contributed by atoms with Crippen molar-refractivity contribution in [3.05, 3.63) is 65.7 Å². The number of nitriles is 1. The molecule has 0 bridgehead atoms. The first kappa shape index (κ1) is 13.8. The molecular formula is C17H16N2O. The Kier molecular flexibility index (Phi) is 4.52. The van der Waals surface area contributed by atoms with E-state index < -0.39 is 0 Å². The minimum atomic E-state index is -0.0431. The second kappa shape index (κ2) is 6.53. The zero-order valence-electron chi connectivity index (χ0n) is 11.4. The SMILES string of the molecule is CCN(C(=O)c1cccc(CC#N)c1)c1ccccc1. The topological polar surface area (TPSA) is 44.1 Å². The molecule has 0 saturated heterocycles. The third-order valence-electron chi connectivity index (χ3n) is 3.09. The van der Waals surface area contributed by atoms with Crippen LogP contribution in [0.25, 0.3) is 0 Å². The van der Waals surface area contributed by atoms with Crippen LogP contribution in [0.3, 0.4) is 0 Å². The Morgan fingerprint density at radius 1 is 1.15 bits per heavy atom. The molecule has 0 unspecified atom stereocenters. The molecule has 0 N–H and O–H groups in total. The number of carbonyl (C=O) groups excluding carboxylic acids is 1. The Hall–Kier alpha value is -2.60. The smallest absolute Gasteiger partial charge is 0.258 e. The van der Waals surface area contributed by atoms with E-state index in [2.05, 4.69) is 6.07 Å². The van der Waals surface area contributed by atoms with Gasteiger partial charge in [-0.25, -0.2) is 0 Å². The quantitative estimate of drug-likeness (QED) is 0.849. The molecular weight excluding hydrogens is 248 g/mol. The van der Waals surface area contributed by atoms with Gasteiger partial charge in [0.15, 0.2) is 0 Å². The highest BCUT2D eigenvalue weighted by atomic mass is 16.2. The van der Waals surface area contributed by atoms with Gasteiger partial charge in [-0.1, -0.05) is 30.3 Å². The van der Waals surface area contributed by atoms with Crippen LogP contribution in [0.4, 0.5) is 5.69 Å². The number of para-hydroxylation sites is 1. The first-order chi connectivity index (χ1) is 9.76. The summed E-state index contributed by atoms with van der Waals surface area (Å²) in [5.41, 5.74) is 2.36. The molecule has 0 aliphatic rings. The highest BCUT2D eigenvalue weighted by Gasteiger charge is 2.15. The summed E-state index contributed by atoms with van der Waals surface area (Å²) in [7, 11) is 0. The number of benzene rings is 2. The lowest BCUT2D eigenvalue weighted by Gasteiger charge is -2.21. The summed E-state index contributed by atoms with van der Waals surface area (Å²) < 4.78 is 0. The lowest BCUT2D eigenvalue weighted by atomic mass is 10.1. The molecule has 0 aliphatic carbocycles. The van der Waals surface area contributed by atoms with Crippen LogP contribution < -0.4 is 4.90 Å². The maximum atomic E-state index is 12.6. The summed E-state index contributed by atoms with van der Waals surface area (Å²) >= 11 is 0. The average molecular weight is 264 g/mol. The third-order valence-corrected chi connectivity index (χ3v) is 3.09. The molecule has 20 heavy (non-hydrogen) atoms. The van der Waals surface area contributed by atoms with Crippen molar-refractivity contribution in [3.8, 4) is 6.07 Å². The van der Waals surface area contributed by atoms with E-state index in [0.717, 1.165) is 11.3 Å². The van der Waals surface area contributed by atoms with Crippen LogP contribution in [-0.2, 0) is 6.42 Å². The Morgan fingerprint density at radius 3 is 2.55 bits per heavy atom. The molecule has 2 aromatic rings. The molecule has 0 spiro atoms. The molecule has 0 saturated carbocycles. The standard InChI is InChI=1S/C17H16N2O/c1-2-19(16-9-4-3-5-10-16)17(20)15-8-6-7-14(13-15)11-12-18/h3-10,13H,2,11H2,1H3. The predicted molar refractivity (Wildman–Crippen MR) is 79.6 cm³/mol. The normalized spacial score (nSPS) is 9.80. The van der Waals surface area contributed by atoms with E-state index in [9.17, 15) is 4.79 Å². The van der Waals surface area contributed by atoms with Crippen molar-refractivity contribution in [2.45, 2.75) is 13.3 Å². The summed E-state index contributed by atoms with van der Waals surface area (Å²) in [6, 6.07) is 18.9. The van der Waals surface area contributed by atoms with Gasteiger partial charge in [-0.2, -0.15) is 5.26 Å². The molecule has 3 nitrogen and oxygen atoms in total. The zero-order valence-corrected chi connectivity index (χ0v) is 11.4. The molecule has 2 rings (SSSR count). The van der Waals surface area contributed by atoms with E-state index in [-0.39, 0.29) is 5.91 Å². The fourth-order valence-corrected chi connectivity index (χ4v) is 2.11. The maximum absolute atomic E-state index is 12.6. The molecule has 0 heterocycles. The summed E-state index contributed by atoms with van der Waals surface area (Å²) in [6.07, 6.45) is 0.318. The second-order valence-corrected chi connectivity index (χ2v) is 4.42. The van der Waals surface area contributed by atoms with Crippen molar-refractivity contribution in [1.82, 2.24) is 0 Å². The van der Waals surface area contributed by atoms with Gasteiger partial charge in [0, 0.05) is 17.8 Å². The van der Waals surface area contributed by atoms with Gasteiger partial charge in [0.25, 0.3) is 5.91 Å². The van der Waals surface area contributed by atoms with E-state index in [4.69, 9.17) is 5.26 Å². The third kappa shape index (κ3) is 3.04. The fourth-order valence-electron chi connectivity index (χ4n) is 2.11. The van der Waals surface area contributed by atoms with E-state index >= 15 is 0 Å². The van der Waals surface area contributed by atoms with Crippen LogP contribution in [-0.4, -0.2) is 12.5 Å². The number of rotatable bonds is 4. The molecule has 3 heteroatoms. The first-order valence-electron chi connectivity index (χ1n) is 6.59. The summed E-state index contributed by atoms with van der Waals surface area (Å²) in [5, 5.41) is 8.74. The van der Waals surface area contributed by atoms with Crippen molar-refractivity contribution in [2.24, 2.45) is 0 Å². The fraction of sp³-hybridized carbons (Fsp3) is 0.176. The molecule has 100 valence electrons. The molecule has 2 aromatic carbocycles. The van der Waals surface area contributed by atoms with Crippen LogP contribution in [0.1, 0.15) is 22.8 Å². The van der Waals surface area contributed by atoms with Gasteiger partial charge in [0.2, 0.25) is 0 Å². The zero-order chi connectivity index (χ0) is 14.4. The van der Waals surface area contributed by atoms with Crippen LogP contribution in [0.5, 0.6) is 0 Å². The van der Waals surface area contributed by atoms with Gasteiger partial charge in [-0.15, -0.1) is 0 Å². The lowest BCUT2D eigenvalue weighted by Crippen LogP contribution is -2.30. The molecule has 0 aromatic heterocycles. The van der Waals surface area contributed by atoms with E-state index in [1.165, 1.54) is 0 Å². The van der Waals surface area contributed by atoms with Crippen molar-refractivity contribution >= 4 is 11.6 Å². The highest BCUT2D eigenvalue weighted by molar-refractivity contribution is 6.06. The van der Waals surface area contributed by atoms with Crippen molar-refractivity contribution in [1.29, 1.82) is 5.26 Å². The van der Waals surface area contributed by atoms with Crippen molar-refractivity contribution in [2.75, 3.05) is 11.4 Å². The predicted octanol–water partition coefficient (Wildman–Crippen LogP) is 3.42. The minimum Gasteiger partial charge on any atom is -0.309 e. The van der Waals surface area contributed by atoms with Gasteiger partial charge < -0.3 is 4.90 Å². The van der Waals surface area contributed by atoms with Crippen molar-refractivity contribution < 1.29 is 4.79 Å². The number of hydrogen-bond acceptors (Lipinski definition) is 2. The monoisotopic (exact) mass is 264 g/mol. The van der Waals surface area contributed by atoms with Crippen LogP contribution in [0.15, 0.2) is 54.6 Å². The number of anilines is 1. The Balaban J connectivity index is 2.30. The van der Waals surface area contributed by atoms with Crippen LogP contribution >= 0.6 is 0 Å². The molecule has 0 radical (unpaired) electrons. The maximum Gasteiger partial charge on any atom is 0.258 e. The number of carbonyl (C=O) groups is 1. The summed E-state index contributed by atoms with van der Waals surface area (Å²) in [6.45, 7) is 2.55. The largest absolute Gasteiger partial charge is 0.309 e. The molecule has 0 aliphatic heterocycles. The van der Waals surface area contributed by atoms with Gasteiger partial charge in [-0.05, 0) is 36.8 Å². The average Bonchev–Trinajstić information content (AvgIpc) is 2.50. The Labute approximate surface area is 119 Å². The van der Waals surface area contributed by atoms with Gasteiger partial charge in [0.05, 0.1) is 12.5 Å². The molecule has 1 amide bonds. The first-order valence-corrected chi connectivity index (χ1v) is 6.59. The lowest BCUT2D eigenvalue weighted by molar-refractivity contribution is 0.0988.